The SMILES string of the molecule is C=C.CC.CC/C=C(\C=C/CS(C)(=O)=O)CN=C(C1CCCC1)N(C)C.CSc1ccc(Cl)cc1. The van der Waals surface area contributed by atoms with Crippen LogP contribution in [0.25, 0.3) is 0 Å². The number of halogens is 1. The molecule has 0 unspecified atom stereocenters. The largest absolute Gasteiger partial charge is 0.366 e. The van der Waals surface area contributed by atoms with E-state index in [0.29, 0.717) is 12.5 Å². The number of thioether (sulfide) groups is 1. The maximum absolute atomic E-state index is 11.2. The molecule has 7 heteroatoms. The van der Waals surface area contributed by atoms with E-state index in [-0.39, 0.29) is 5.75 Å². The summed E-state index contributed by atoms with van der Waals surface area (Å²) >= 11 is 7.38. The summed E-state index contributed by atoms with van der Waals surface area (Å²) in [5.41, 5.74) is 1.09. The molecule has 0 spiro atoms. The highest BCUT2D eigenvalue weighted by Crippen LogP contribution is 2.27. The van der Waals surface area contributed by atoms with Gasteiger partial charge in [-0.25, -0.2) is 8.42 Å². The molecule has 0 heterocycles. The van der Waals surface area contributed by atoms with Gasteiger partial charge in [0.25, 0.3) is 0 Å². The number of hydrogen-bond acceptors (Lipinski definition) is 4. The Bertz CT molecular complexity index is 855. The van der Waals surface area contributed by atoms with E-state index in [1.807, 2.05) is 50.4 Å². The lowest BCUT2D eigenvalue weighted by molar-refractivity contribution is 0.544. The summed E-state index contributed by atoms with van der Waals surface area (Å²) in [6.45, 7) is 12.7. The van der Waals surface area contributed by atoms with Crippen LogP contribution < -0.4 is 0 Å². The maximum atomic E-state index is 11.2. The number of benzene rings is 1. The van der Waals surface area contributed by atoms with Crippen molar-refractivity contribution in [2.24, 2.45) is 10.9 Å². The van der Waals surface area contributed by atoms with E-state index in [2.05, 4.69) is 45.2 Å². The van der Waals surface area contributed by atoms with Gasteiger partial charge in [-0.3, -0.25) is 4.99 Å². The van der Waals surface area contributed by atoms with E-state index >= 15 is 0 Å². The van der Waals surface area contributed by atoms with Gasteiger partial charge in [0, 0.05) is 36.2 Å². The molecular formula is C28H47ClN2O2S2. The van der Waals surface area contributed by atoms with Crippen molar-refractivity contribution in [1.82, 2.24) is 4.90 Å². The van der Waals surface area contributed by atoms with Gasteiger partial charge < -0.3 is 4.90 Å². The van der Waals surface area contributed by atoms with E-state index in [4.69, 9.17) is 16.6 Å². The van der Waals surface area contributed by atoms with Gasteiger partial charge in [-0.15, -0.1) is 24.9 Å². The van der Waals surface area contributed by atoms with Crippen LogP contribution in [0.3, 0.4) is 0 Å². The molecule has 35 heavy (non-hydrogen) atoms. The summed E-state index contributed by atoms with van der Waals surface area (Å²) in [5, 5.41) is 0.799. The fourth-order valence-electron chi connectivity index (χ4n) is 3.38. The Labute approximate surface area is 225 Å². The molecule has 0 amide bonds. The topological polar surface area (TPSA) is 49.7 Å². The maximum Gasteiger partial charge on any atom is 0.151 e. The lowest BCUT2D eigenvalue weighted by Crippen LogP contribution is -2.29. The van der Waals surface area contributed by atoms with Crippen molar-refractivity contribution in [2.75, 3.05) is 38.9 Å². The number of rotatable bonds is 8. The molecule has 0 saturated heterocycles. The molecule has 4 nitrogen and oxygen atoms in total. The highest BCUT2D eigenvalue weighted by Gasteiger charge is 2.21. The Morgan fingerprint density at radius 2 is 1.71 bits per heavy atom. The summed E-state index contributed by atoms with van der Waals surface area (Å²) < 4.78 is 22.4. The van der Waals surface area contributed by atoms with Crippen molar-refractivity contribution in [3.8, 4) is 0 Å². The first-order valence-electron chi connectivity index (χ1n) is 12.2. The summed E-state index contributed by atoms with van der Waals surface area (Å²) in [6, 6.07) is 7.81. The first-order chi connectivity index (χ1) is 16.7. The number of sulfone groups is 1. The zero-order valence-electron chi connectivity index (χ0n) is 22.9. The van der Waals surface area contributed by atoms with Crippen LogP contribution in [-0.4, -0.2) is 58.1 Å². The third-order valence-electron chi connectivity index (χ3n) is 4.85. The van der Waals surface area contributed by atoms with Crippen LogP contribution in [-0.2, 0) is 9.84 Å². The van der Waals surface area contributed by atoms with E-state index in [1.165, 1.54) is 42.7 Å². The molecule has 1 saturated carbocycles. The van der Waals surface area contributed by atoms with Crippen LogP contribution in [0.15, 0.2) is 71.1 Å². The first kappa shape index (κ1) is 35.7. The van der Waals surface area contributed by atoms with Gasteiger partial charge in [0.05, 0.1) is 12.3 Å². The second-order valence-electron chi connectivity index (χ2n) is 7.89. The van der Waals surface area contributed by atoms with Crippen molar-refractivity contribution in [1.29, 1.82) is 0 Å². The van der Waals surface area contributed by atoms with Gasteiger partial charge in [-0.2, -0.15) is 0 Å². The molecule has 1 aliphatic carbocycles. The van der Waals surface area contributed by atoms with Crippen molar-refractivity contribution < 1.29 is 8.42 Å². The average Bonchev–Trinajstić information content (AvgIpc) is 3.36. The van der Waals surface area contributed by atoms with Crippen LogP contribution in [0, 0.1) is 5.92 Å². The molecule has 0 aromatic heterocycles. The fourth-order valence-corrected chi connectivity index (χ4v) is 4.36. The Balaban J connectivity index is 0. The number of hydrogen-bond donors (Lipinski definition) is 0. The van der Waals surface area contributed by atoms with Gasteiger partial charge in [0.1, 0.15) is 5.84 Å². The summed E-state index contributed by atoms with van der Waals surface area (Å²) in [6.07, 6.45) is 15.0. The molecule has 1 aliphatic rings. The molecule has 0 radical (unpaired) electrons. The highest BCUT2D eigenvalue weighted by molar-refractivity contribution is 7.98. The molecular weight excluding hydrogens is 496 g/mol. The van der Waals surface area contributed by atoms with E-state index < -0.39 is 9.84 Å². The minimum absolute atomic E-state index is 0.0843. The summed E-state index contributed by atoms with van der Waals surface area (Å²) in [7, 11) is 1.16. The first-order valence-corrected chi connectivity index (χ1v) is 15.9. The lowest BCUT2D eigenvalue weighted by atomic mass is 10.1. The minimum Gasteiger partial charge on any atom is -0.366 e. The van der Waals surface area contributed by atoms with E-state index in [9.17, 15) is 8.42 Å². The molecule has 0 bridgehead atoms. The van der Waals surface area contributed by atoms with Gasteiger partial charge in [0.2, 0.25) is 0 Å². The predicted molar refractivity (Wildman–Crippen MR) is 161 cm³/mol. The smallest absolute Gasteiger partial charge is 0.151 e. The van der Waals surface area contributed by atoms with Gasteiger partial charge in [-0.05, 0) is 55.4 Å². The molecule has 200 valence electrons. The van der Waals surface area contributed by atoms with Crippen LogP contribution in [0.5, 0.6) is 0 Å². The van der Waals surface area contributed by atoms with Crippen LogP contribution in [0.2, 0.25) is 5.02 Å². The molecule has 1 fully saturated rings. The quantitative estimate of drug-likeness (QED) is 0.110. The number of amidine groups is 1. The standard InChI is InChI=1S/C17H30N2O2S.C7H7ClS.C2H6.C2H4/c1-5-9-15(10-8-13-22(4,20)21)14-18-17(19(2)3)16-11-6-7-12-16;1-9-7-4-2-6(8)3-5-7;2*1-2/h8-10,16H,5-7,11-14H2,1-4H3;2-5H,1H3;1-2H3;1-2H2/b10-8-,15-9+,18-17?;;;. The van der Waals surface area contributed by atoms with Gasteiger partial charge >= 0.3 is 0 Å². The van der Waals surface area contributed by atoms with Crippen molar-refractivity contribution in [3.63, 3.8) is 0 Å². The minimum atomic E-state index is -2.95. The van der Waals surface area contributed by atoms with Gasteiger partial charge in [-0.1, -0.05) is 63.4 Å². The number of aliphatic imine (C=N–C) groups is 1. The lowest BCUT2D eigenvalue weighted by Gasteiger charge is -2.21. The van der Waals surface area contributed by atoms with E-state index in [1.54, 1.807) is 17.8 Å². The second kappa shape index (κ2) is 21.8. The third-order valence-corrected chi connectivity index (χ3v) is 6.64. The van der Waals surface area contributed by atoms with Crippen molar-refractivity contribution in [2.45, 2.75) is 57.8 Å². The van der Waals surface area contributed by atoms with Gasteiger partial charge in [0.15, 0.2) is 9.84 Å². The Morgan fingerprint density at radius 1 is 1.17 bits per heavy atom. The number of nitrogens with zero attached hydrogens (tertiary/aromatic N) is 2. The van der Waals surface area contributed by atoms with Crippen LogP contribution >= 0.6 is 23.4 Å². The van der Waals surface area contributed by atoms with Crippen LogP contribution in [0.4, 0.5) is 0 Å². The third kappa shape index (κ3) is 18.4. The Hall–Kier alpha value is -1.50. The van der Waals surface area contributed by atoms with Crippen molar-refractivity contribution in [3.05, 3.63) is 66.2 Å². The zero-order valence-corrected chi connectivity index (χ0v) is 25.3. The summed E-state index contributed by atoms with van der Waals surface area (Å²) in [4.78, 5) is 8.19. The molecule has 1 aromatic rings. The van der Waals surface area contributed by atoms with Crippen LogP contribution in [0.1, 0.15) is 52.9 Å². The number of allylic oxidation sites excluding steroid dienone is 1. The predicted octanol–water partition coefficient (Wildman–Crippen LogP) is 7.96. The molecule has 2 rings (SSSR count). The monoisotopic (exact) mass is 542 g/mol. The van der Waals surface area contributed by atoms with Crippen molar-refractivity contribution >= 4 is 39.0 Å². The molecule has 1 aromatic carbocycles. The Kier molecular flexibility index (Phi) is 22.2. The summed E-state index contributed by atoms with van der Waals surface area (Å²) in [5.74, 6) is 1.84. The normalized spacial score (nSPS) is 14.3. The fraction of sp³-hybridized carbons (Fsp3) is 0.536. The van der Waals surface area contributed by atoms with E-state index in [0.717, 1.165) is 17.0 Å². The molecule has 0 atom stereocenters. The second-order valence-corrected chi connectivity index (χ2v) is 11.4. The molecule has 0 N–H and O–H groups in total. The highest BCUT2D eigenvalue weighted by atomic mass is 35.5. The zero-order chi connectivity index (χ0) is 27.3. The molecule has 0 aliphatic heterocycles. The average molecular weight is 543 g/mol. The Morgan fingerprint density at radius 3 is 2.14 bits per heavy atom.